The zero-order valence-corrected chi connectivity index (χ0v) is 20.0. The first-order chi connectivity index (χ1) is 15.5. The predicted octanol–water partition coefficient (Wildman–Crippen LogP) is 6.58. The maximum atomic E-state index is 12.8. The van der Waals surface area contributed by atoms with Crippen LogP contribution >= 0.6 is 0 Å². The predicted molar refractivity (Wildman–Crippen MR) is 128 cm³/mol. The molecule has 0 aliphatic heterocycles. The van der Waals surface area contributed by atoms with Gasteiger partial charge in [0, 0.05) is 12.1 Å². The van der Waals surface area contributed by atoms with Gasteiger partial charge >= 0.3 is 0 Å². The van der Waals surface area contributed by atoms with E-state index in [0.717, 1.165) is 42.1 Å². The number of amides is 1. The van der Waals surface area contributed by atoms with Crippen LogP contribution in [0.2, 0.25) is 0 Å². The number of carbonyl (C=O) groups excluding carboxylic acids is 1. The van der Waals surface area contributed by atoms with Crippen LogP contribution in [0.5, 0.6) is 0 Å². The molecule has 4 saturated carbocycles. The molecule has 1 N–H and O–H groups in total. The van der Waals surface area contributed by atoms with Gasteiger partial charge in [-0.1, -0.05) is 32.8 Å². The lowest BCUT2D eigenvalue weighted by Crippen LogP contribution is -2.54. The molecule has 4 fully saturated rings. The van der Waals surface area contributed by atoms with E-state index in [9.17, 15) is 4.79 Å². The van der Waals surface area contributed by atoms with Gasteiger partial charge in [-0.25, -0.2) is 0 Å². The van der Waals surface area contributed by atoms with Gasteiger partial charge < -0.3 is 5.32 Å². The number of nitrogens with zero attached hydrogens (tertiary/aromatic N) is 1. The van der Waals surface area contributed by atoms with Gasteiger partial charge in [0.05, 0.1) is 11.6 Å². The molecule has 1 aromatic rings. The van der Waals surface area contributed by atoms with Gasteiger partial charge in [-0.2, -0.15) is 5.26 Å². The topological polar surface area (TPSA) is 52.9 Å². The number of benzene rings is 1. The summed E-state index contributed by atoms with van der Waals surface area (Å²) >= 11 is 0. The summed E-state index contributed by atoms with van der Waals surface area (Å²) in [6.07, 6.45) is 14.1. The minimum Gasteiger partial charge on any atom is -0.352 e. The van der Waals surface area contributed by atoms with Crippen molar-refractivity contribution in [3.05, 3.63) is 35.4 Å². The number of nitrogens with one attached hydrogen (secondary N) is 1. The van der Waals surface area contributed by atoms with E-state index in [2.05, 4.69) is 25.2 Å². The summed E-state index contributed by atoms with van der Waals surface area (Å²) in [5, 5.41) is 12.4. The summed E-state index contributed by atoms with van der Waals surface area (Å²) in [7, 11) is 0. The fraction of sp³-hybridized carbons (Fsp3) is 0.724. The monoisotopic (exact) mass is 432 g/mol. The molecule has 4 aliphatic carbocycles. The Kier molecular flexibility index (Phi) is 6.08. The maximum Gasteiger partial charge on any atom is 0.251 e. The molecule has 0 heterocycles. The summed E-state index contributed by atoms with van der Waals surface area (Å²) in [5.41, 5.74) is 1.53. The molecule has 3 heteroatoms. The lowest BCUT2D eigenvalue weighted by molar-refractivity contribution is -0.108. The fourth-order valence-corrected chi connectivity index (χ4v) is 8.78. The zero-order chi connectivity index (χ0) is 22.3. The molecule has 32 heavy (non-hydrogen) atoms. The van der Waals surface area contributed by atoms with Crippen LogP contribution < -0.4 is 5.32 Å². The number of hydrogen-bond donors (Lipinski definition) is 1. The van der Waals surface area contributed by atoms with Crippen LogP contribution in [0.25, 0.3) is 0 Å². The van der Waals surface area contributed by atoms with E-state index < -0.39 is 0 Å². The molecule has 3 nitrogen and oxygen atoms in total. The SMILES string of the molecule is C[C@H]1CC[C@H]2[C@H](CC[C@@H]3[C@@H]2CC[C@]2(C)[C@@H](CNC(=O)c4cccc(C#N)c4)CCC[C@@H]32)C1. The van der Waals surface area contributed by atoms with Gasteiger partial charge in [-0.3, -0.25) is 4.79 Å². The van der Waals surface area contributed by atoms with Crippen LogP contribution in [0.3, 0.4) is 0 Å². The van der Waals surface area contributed by atoms with Crippen molar-refractivity contribution in [3.8, 4) is 6.07 Å². The Morgan fingerprint density at radius 3 is 2.78 bits per heavy atom. The van der Waals surface area contributed by atoms with Crippen LogP contribution in [0.1, 0.15) is 94.0 Å². The summed E-state index contributed by atoms with van der Waals surface area (Å²) < 4.78 is 0. The number of nitriles is 1. The third kappa shape index (κ3) is 3.89. The standard InChI is InChI=1S/C29H40N2O/c1-19-9-11-24-21(15-19)10-12-26-25(24)13-14-29(2)23(7-4-8-27(26)29)18-31-28(32)22-6-3-5-20(16-22)17-30/h3,5-6,16,19,21,23-27H,4,7-15,18H2,1-2H3,(H,31,32)/t19-,21+,23+,24-,25+,26+,27-,29+/m0/s1. The highest BCUT2D eigenvalue weighted by Crippen LogP contribution is 2.63. The molecule has 0 unspecified atom stereocenters. The van der Waals surface area contributed by atoms with Crippen molar-refractivity contribution < 1.29 is 4.79 Å². The average molecular weight is 433 g/mol. The van der Waals surface area contributed by atoms with Crippen LogP contribution in [-0.4, -0.2) is 12.5 Å². The Bertz CT molecular complexity index is 887. The quantitative estimate of drug-likeness (QED) is 0.586. The van der Waals surface area contributed by atoms with E-state index in [0.29, 0.717) is 22.5 Å². The fourth-order valence-electron chi connectivity index (χ4n) is 8.78. The molecule has 8 atom stereocenters. The Balaban J connectivity index is 1.27. The summed E-state index contributed by atoms with van der Waals surface area (Å²) in [5.74, 6) is 6.25. The summed E-state index contributed by atoms with van der Waals surface area (Å²) in [6.45, 7) is 5.82. The molecule has 172 valence electrons. The minimum absolute atomic E-state index is 0.0293. The Hall–Kier alpha value is -1.82. The lowest BCUT2D eigenvalue weighted by atomic mass is 9.45. The van der Waals surface area contributed by atoms with Gasteiger partial charge in [0.15, 0.2) is 0 Å². The third-order valence-corrected chi connectivity index (χ3v) is 10.4. The van der Waals surface area contributed by atoms with Crippen LogP contribution in [0.4, 0.5) is 0 Å². The lowest BCUT2D eigenvalue weighted by Gasteiger charge is -2.60. The van der Waals surface area contributed by atoms with Crippen molar-refractivity contribution in [1.82, 2.24) is 5.32 Å². The van der Waals surface area contributed by atoms with Gasteiger partial charge in [0.25, 0.3) is 5.91 Å². The first-order valence-electron chi connectivity index (χ1n) is 13.3. The van der Waals surface area contributed by atoms with Gasteiger partial charge in [0.1, 0.15) is 0 Å². The molecule has 4 aliphatic rings. The molecule has 0 bridgehead atoms. The number of carbonyl (C=O) groups is 1. The molecular weight excluding hydrogens is 392 g/mol. The first kappa shape index (κ1) is 22.0. The highest BCUT2D eigenvalue weighted by atomic mass is 16.1. The number of rotatable bonds is 3. The zero-order valence-electron chi connectivity index (χ0n) is 20.0. The van der Waals surface area contributed by atoms with Crippen molar-refractivity contribution in [2.45, 2.75) is 78.1 Å². The molecule has 5 rings (SSSR count). The highest BCUT2D eigenvalue weighted by molar-refractivity contribution is 5.94. The van der Waals surface area contributed by atoms with E-state index in [1.54, 1.807) is 18.2 Å². The molecule has 0 aromatic heterocycles. The number of fused-ring (bicyclic) bond motifs is 5. The smallest absolute Gasteiger partial charge is 0.251 e. The van der Waals surface area contributed by atoms with Gasteiger partial charge in [-0.15, -0.1) is 0 Å². The first-order valence-corrected chi connectivity index (χ1v) is 13.3. The Morgan fingerprint density at radius 1 is 1.09 bits per heavy atom. The van der Waals surface area contributed by atoms with E-state index in [1.807, 2.05) is 6.07 Å². The second-order valence-corrected chi connectivity index (χ2v) is 11.9. The molecular formula is C29H40N2O. The summed E-state index contributed by atoms with van der Waals surface area (Å²) in [6, 6.07) is 9.21. The highest BCUT2D eigenvalue weighted by Gasteiger charge is 2.55. The second-order valence-electron chi connectivity index (χ2n) is 11.9. The van der Waals surface area contributed by atoms with Crippen LogP contribution in [0, 0.1) is 58.2 Å². The average Bonchev–Trinajstić information content (AvgIpc) is 2.81. The summed E-state index contributed by atoms with van der Waals surface area (Å²) in [4.78, 5) is 12.8. The van der Waals surface area contributed by atoms with Crippen molar-refractivity contribution >= 4 is 5.91 Å². The van der Waals surface area contributed by atoms with Gasteiger partial charge in [-0.05, 0) is 116 Å². The molecule has 0 radical (unpaired) electrons. The van der Waals surface area contributed by atoms with E-state index in [-0.39, 0.29) is 5.91 Å². The Morgan fingerprint density at radius 2 is 1.94 bits per heavy atom. The van der Waals surface area contributed by atoms with Crippen molar-refractivity contribution in [2.75, 3.05) is 6.54 Å². The van der Waals surface area contributed by atoms with E-state index in [1.165, 1.54) is 64.2 Å². The molecule has 1 aromatic carbocycles. The normalized spacial score (nSPS) is 40.8. The largest absolute Gasteiger partial charge is 0.352 e. The van der Waals surface area contributed by atoms with E-state index in [4.69, 9.17) is 5.26 Å². The minimum atomic E-state index is -0.0293. The van der Waals surface area contributed by atoms with Crippen molar-refractivity contribution in [3.63, 3.8) is 0 Å². The Labute approximate surface area is 194 Å². The van der Waals surface area contributed by atoms with Crippen LogP contribution in [0.15, 0.2) is 24.3 Å². The molecule has 0 saturated heterocycles. The molecule has 1 amide bonds. The van der Waals surface area contributed by atoms with Crippen LogP contribution in [-0.2, 0) is 0 Å². The number of hydrogen-bond acceptors (Lipinski definition) is 2. The van der Waals surface area contributed by atoms with Gasteiger partial charge in [0.2, 0.25) is 0 Å². The molecule has 0 spiro atoms. The maximum absolute atomic E-state index is 12.8. The second kappa shape index (κ2) is 8.85. The van der Waals surface area contributed by atoms with Crippen molar-refractivity contribution in [1.29, 1.82) is 5.26 Å². The third-order valence-electron chi connectivity index (χ3n) is 10.4. The van der Waals surface area contributed by atoms with Crippen molar-refractivity contribution in [2.24, 2.45) is 46.8 Å². The van der Waals surface area contributed by atoms with E-state index >= 15 is 0 Å².